The number of rotatable bonds is 2. The van der Waals surface area contributed by atoms with Crippen LogP contribution in [0.2, 0.25) is 0 Å². The Hall–Kier alpha value is -4.09. The van der Waals surface area contributed by atoms with Crippen LogP contribution in [0.5, 0.6) is 0 Å². The van der Waals surface area contributed by atoms with Gasteiger partial charge in [-0.1, -0.05) is 90.2 Å². The van der Waals surface area contributed by atoms with Gasteiger partial charge >= 0.3 is 0 Å². The molecule has 0 N–H and O–H groups in total. The van der Waals surface area contributed by atoms with Crippen LogP contribution in [0.25, 0.3) is 43.1 Å². The zero-order valence-electron chi connectivity index (χ0n) is 17.9. The number of hydrogen-bond acceptors (Lipinski definition) is 3. The average molecular weight is 446 g/mol. The van der Waals surface area contributed by atoms with Crippen LogP contribution >= 0.6 is 11.3 Å². The van der Waals surface area contributed by atoms with Crippen molar-refractivity contribution in [1.82, 2.24) is 9.55 Å². The third-order valence-electron chi connectivity index (χ3n) is 5.91. The number of fused-ring (bicyclic) bond motifs is 4. The number of carbonyl (C=O) groups is 1. The second-order valence-corrected chi connectivity index (χ2v) is 8.91. The molecule has 0 aliphatic carbocycles. The number of hydrogen-bond donors (Lipinski definition) is 0. The number of carbonyl (C=O) groups excluding carboxylic acids is 1. The Morgan fingerprint density at radius 1 is 0.848 bits per heavy atom. The van der Waals surface area contributed by atoms with Crippen LogP contribution in [-0.2, 0) is 7.05 Å². The highest BCUT2D eigenvalue weighted by molar-refractivity contribution is 7.17. The lowest BCUT2D eigenvalue weighted by molar-refractivity contribution is 0.0999. The molecular formula is C28H19N3OS. The molecule has 0 aliphatic heterocycles. The Morgan fingerprint density at radius 2 is 1.58 bits per heavy atom. The van der Waals surface area contributed by atoms with Crippen molar-refractivity contribution < 1.29 is 4.79 Å². The van der Waals surface area contributed by atoms with E-state index in [1.54, 1.807) is 11.3 Å². The van der Waals surface area contributed by atoms with Gasteiger partial charge in [-0.2, -0.15) is 4.99 Å². The molecule has 1 amide bonds. The molecule has 6 rings (SSSR count). The van der Waals surface area contributed by atoms with Crippen LogP contribution in [0.4, 0.5) is 0 Å². The Labute approximate surface area is 194 Å². The highest BCUT2D eigenvalue weighted by atomic mass is 32.1. The second kappa shape index (κ2) is 7.80. The van der Waals surface area contributed by atoms with Crippen molar-refractivity contribution in [3.8, 4) is 11.3 Å². The summed E-state index contributed by atoms with van der Waals surface area (Å²) in [5.74, 6) is -0.266. The van der Waals surface area contributed by atoms with Gasteiger partial charge in [0.25, 0.3) is 5.91 Å². The summed E-state index contributed by atoms with van der Waals surface area (Å²) in [6.45, 7) is 0. The third kappa shape index (κ3) is 3.34. The van der Waals surface area contributed by atoms with Crippen molar-refractivity contribution in [2.24, 2.45) is 12.0 Å². The summed E-state index contributed by atoms with van der Waals surface area (Å²) in [6.07, 6.45) is 0. The van der Waals surface area contributed by atoms with E-state index in [0.717, 1.165) is 32.4 Å². The van der Waals surface area contributed by atoms with Gasteiger partial charge in [0.15, 0.2) is 4.80 Å². The normalized spacial score (nSPS) is 12.1. The number of aryl methyl sites for hydroxylation is 1. The van der Waals surface area contributed by atoms with E-state index in [4.69, 9.17) is 4.98 Å². The van der Waals surface area contributed by atoms with Gasteiger partial charge in [0.05, 0.1) is 27.0 Å². The summed E-state index contributed by atoms with van der Waals surface area (Å²) in [7, 11) is 1.96. The molecule has 0 radical (unpaired) electrons. The van der Waals surface area contributed by atoms with Crippen LogP contribution < -0.4 is 4.80 Å². The minimum Gasteiger partial charge on any atom is -0.319 e. The summed E-state index contributed by atoms with van der Waals surface area (Å²) >= 11 is 1.54. The predicted octanol–water partition coefficient (Wildman–Crippen LogP) is 6.35. The second-order valence-electron chi connectivity index (χ2n) is 7.93. The topological polar surface area (TPSA) is 47.2 Å². The summed E-state index contributed by atoms with van der Waals surface area (Å²) in [6, 6.07) is 32.0. The first-order valence-corrected chi connectivity index (χ1v) is 11.5. The molecule has 4 aromatic carbocycles. The van der Waals surface area contributed by atoms with Crippen LogP contribution in [0, 0.1) is 0 Å². The molecule has 33 heavy (non-hydrogen) atoms. The SMILES string of the molecule is Cn1c(=NC(=O)c2cc(-c3ccccc3)nc3ccccc23)sc2c3ccccc3ccc21. The smallest absolute Gasteiger partial charge is 0.280 e. The van der Waals surface area contributed by atoms with Crippen molar-refractivity contribution in [2.75, 3.05) is 0 Å². The Bertz CT molecular complexity index is 1750. The lowest BCUT2D eigenvalue weighted by Crippen LogP contribution is -2.13. The molecule has 0 atom stereocenters. The number of thiazole rings is 1. The molecule has 2 aromatic heterocycles. The molecular weight excluding hydrogens is 426 g/mol. The minimum absolute atomic E-state index is 0.266. The molecule has 0 saturated heterocycles. The molecule has 5 heteroatoms. The van der Waals surface area contributed by atoms with Crippen molar-refractivity contribution in [3.05, 3.63) is 107 Å². The van der Waals surface area contributed by atoms with Gasteiger partial charge in [0.1, 0.15) is 0 Å². The van der Waals surface area contributed by atoms with E-state index in [9.17, 15) is 4.79 Å². The Balaban J connectivity index is 1.56. The fourth-order valence-corrected chi connectivity index (χ4v) is 5.37. The quantitative estimate of drug-likeness (QED) is 0.312. The van der Waals surface area contributed by atoms with E-state index in [2.05, 4.69) is 29.3 Å². The third-order valence-corrected chi connectivity index (χ3v) is 7.09. The average Bonchev–Trinajstić information content (AvgIpc) is 3.19. The number of nitrogens with zero attached hydrogens (tertiary/aromatic N) is 3. The maximum absolute atomic E-state index is 13.5. The van der Waals surface area contributed by atoms with Gasteiger partial charge < -0.3 is 4.57 Å². The Kier molecular flexibility index (Phi) is 4.63. The van der Waals surface area contributed by atoms with Crippen LogP contribution in [0.15, 0.2) is 102 Å². The van der Waals surface area contributed by atoms with Gasteiger partial charge in [0, 0.05) is 23.4 Å². The molecule has 0 spiro atoms. The summed E-state index contributed by atoms with van der Waals surface area (Å²) in [4.78, 5) is 23.5. The van der Waals surface area contributed by atoms with E-state index < -0.39 is 0 Å². The van der Waals surface area contributed by atoms with E-state index in [-0.39, 0.29) is 5.91 Å². The molecule has 158 valence electrons. The fourth-order valence-electron chi connectivity index (χ4n) is 4.22. The summed E-state index contributed by atoms with van der Waals surface area (Å²) < 4.78 is 3.12. The number of amides is 1. The molecule has 0 fully saturated rings. The molecule has 0 unspecified atom stereocenters. The predicted molar refractivity (Wildman–Crippen MR) is 135 cm³/mol. The van der Waals surface area contributed by atoms with E-state index in [1.165, 1.54) is 10.8 Å². The first-order chi connectivity index (χ1) is 16.2. The van der Waals surface area contributed by atoms with Crippen LogP contribution in [-0.4, -0.2) is 15.5 Å². The summed E-state index contributed by atoms with van der Waals surface area (Å²) in [5, 5.41) is 3.16. The lowest BCUT2D eigenvalue weighted by Gasteiger charge is -2.07. The number of para-hydroxylation sites is 1. The van der Waals surface area contributed by atoms with Crippen molar-refractivity contribution in [1.29, 1.82) is 0 Å². The van der Waals surface area contributed by atoms with E-state index in [1.807, 2.05) is 84.4 Å². The first-order valence-electron chi connectivity index (χ1n) is 10.7. The maximum Gasteiger partial charge on any atom is 0.280 e. The molecule has 0 saturated carbocycles. The van der Waals surface area contributed by atoms with Gasteiger partial charge in [-0.05, 0) is 23.6 Å². The minimum atomic E-state index is -0.266. The van der Waals surface area contributed by atoms with E-state index >= 15 is 0 Å². The van der Waals surface area contributed by atoms with Gasteiger partial charge in [-0.3, -0.25) is 4.79 Å². The molecule has 2 heterocycles. The van der Waals surface area contributed by atoms with Gasteiger partial charge in [-0.15, -0.1) is 0 Å². The van der Waals surface area contributed by atoms with Crippen molar-refractivity contribution in [3.63, 3.8) is 0 Å². The van der Waals surface area contributed by atoms with Crippen LogP contribution in [0.1, 0.15) is 10.4 Å². The molecule has 6 aromatic rings. The molecule has 0 aliphatic rings. The standard InChI is InChI=1S/C28H19N3OS/c1-31-25-16-15-18-9-5-6-12-20(18)26(25)33-28(31)30-27(32)22-17-24(19-10-3-2-4-11-19)29-23-14-8-7-13-21(22)23/h2-17H,1H3. The highest BCUT2D eigenvalue weighted by Gasteiger charge is 2.15. The summed E-state index contributed by atoms with van der Waals surface area (Å²) in [5.41, 5.74) is 4.14. The molecule has 4 nitrogen and oxygen atoms in total. The van der Waals surface area contributed by atoms with E-state index in [0.29, 0.717) is 10.4 Å². The zero-order chi connectivity index (χ0) is 22.4. The number of aromatic nitrogens is 2. The largest absolute Gasteiger partial charge is 0.319 e. The van der Waals surface area contributed by atoms with Crippen molar-refractivity contribution >= 4 is 49.1 Å². The fraction of sp³-hybridized carbons (Fsp3) is 0.0357. The van der Waals surface area contributed by atoms with Crippen LogP contribution in [0.3, 0.4) is 0 Å². The van der Waals surface area contributed by atoms with Gasteiger partial charge in [0.2, 0.25) is 0 Å². The number of benzene rings is 4. The highest BCUT2D eigenvalue weighted by Crippen LogP contribution is 2.28. The van der Waals surface area contributed by atoms with Gasteiger partial charge in [-0.25, -0.2) is 4.98 Å². The Morgan fingerprint density at radius 3 is 2.42 bits per heavy atom. The number of pyridine rings is 1. The monoisotopic (exact) mass is 445 g/mol. The lowest BCUT2D eigenvalue weighted by atomic mass is 10.0. The first kappa shape index (κ1) is 19.6. The molecule has 0 bridgehead atoms. The zero-order valence-corrected chi connectivity index (χ0v) is 18.7. The maximum atomic E-state index is 13.5. The van der Waals surface area contributed by atoms with Crippen molar-refractivity contribution in [2.45, 2.75) is 0 Å².